The molecule has 0 aliphatic heterocycles. The predicted molar refractivity (Wildman–Crippen MR) is 67.4 cm³/mol. The van der Waals surface area contributed by atoms with Crippen molar-refractivity contribution in [2.45, 2.75) is 13.5 Å². The van der Waals surface area contributed by atoms with Crippen molar-refractivity contribution < 1.29 is 0 Å². The minimum absolute atomic E-state index is 0.0518. The summed E-state index contributed by atoms with van der Waals surface area (Å²) >= 11 is 0. The standard InChI is InChI=1S/C11H15N5O2/c1-7-4-8(15(3)13-7)5-16-10(17)9(12)6-14(2)11(16)18/h4,6H,5,12H2,1-3H3. The van der Waals surface area contributed by atoms with Gasteiger partial charge in [-0.15, -0.1) is 0 Å². The van der Waals surface area contributed by atoms with E-state index < -0.39 is 11.2 Å². The molecule has 0 saturated carbocycles. The van der Waals surface area contributed by atoms with E-state index in [2.05, 4.69) is 5.10 Å². The van der Waals surface area contributed by atoms with Gasteiger partial charge in [-0.05, 0) is 13.0 Å². The van der Waals surface area contributed by atoms with E-state index in [0.717, 1.165) is 16.0 Å². The molecule has 0 aliphatic carbocycles. The predicted octanol–water partition coefficient (Wildman–Crippen LogP) is -0.781. The van der Waals surface area contributed by atoms with Gasteiger partial charge in [0.2, 0.25) is 0 Å². The number of rotatable bonds is 2. The van der Waals surface area contributed by atoms with E-state index in [0.29, 0.717) is 0 Å². The molecule has 7 heteroatoms. The molecule has 0 atom stereocenters. The molecule has 7 nitrogen and oxygen atoms in total. The zero-order valence-electron chi connectivity index (χ0n) is 10.5. The zero-order chi connectivity index (χ0) is 13.4. The van der Waals surface area contributed by atoms with Gasteiger partial charge in [0.25, 0.3) is 5.56 Å². The number of aromatic nitrogens is 4. The van der Waals surface area contributed by atoms with E-state index in [-0.39, 0.29) is 12.2 Å². The van der Waals surface area contributed by atoms with Crippen LogP contribution in [0.5, 0.6) is 0 Å². The van der Waals surface area contributed by atoms with Crippen LogP contribution in [0.2, 0.25) is 0 Å². The summed E-state index contributed by atoms with van der Waals surface area (Å²) in [5.74, 6) is 0. The van der Waals surface area contributed by atoms with Crippen LogP contribution in [0.25, 0.3) is 0 Å². The lowest BCUT2D eigenvalue weighted by Crippen LogP contribution is -2.40. The Morgan fingerprint density at radius 1 is 1.33 bits per heavy atom. The van der Waals surface area contributed by atoms with E-state index in [1.807, 2.05) is 13.0 Å². The van der Waals surface area contributed by atoms with E-state index in [1.165, 1.54) is 10.8 Å². The maximum atomic E-state index is 11.9. The van der Waals surface area contributed by atoms with E-state index >= 15 is 0 Å². The van der Waals surface area contributed by atoms with Crippen molar-refractivity contribution in [3.8, 4) is 0 Å². The van der Waals surface area contributed by atoms with Crippen molar-refractivity contribution in [3.05, 3.63) is 44.5 Å². The first kappa shape index (κ1) is 12.2. The van der Waals surface area contributed by atoms with Gasteiger partial charge in [0.05, 0.1) is 17.9 Å². The van der Waals surface area contributed by atoms with Crippen LogP contribution in [0.3, 0.4) is 0 Å². The molecule has 2 heterocycles. The molecule has 2 aromatic rings. The van der Waals surface area contributed by atoms with Crippen LogP contribution >= 0.6 is 0 Å². The van der Waals surface area contributed by atoms with Gasteiger partial charge >= 0.3 is 5.69 Å². The average molecular weight is 249 g/mol. The van der Waals surface area contributed by atoms with Crippen LogP contribution < -0.4 is 17.0 Å². The first-order valence-electron chi connectivity index (χ1n) is 5.45. The highest BCUT2D eigenvalue weighted by Crippen LogP contribution is 2.02. The van der Waals surface area contributed by atoms with Crippen LogP contribution in [-0.2, 0) is 20.6 Å². The Kier molecular flexibility index (Phi) is 2.82. The third-order valence-corrected chi connectivity index (χ3v) is 2.78. The van der Waals surface area contributed by atoms with Gasteiger partial charge in [-0.1, -0.05) is 0 Å². The Morgan fingerprint density at radius 3 is 2.56 bits per heavy atom. The summed E-state index contributed by atoms with van der Waals surface area (Å²) in [6.45, 7) is 2.01. The molecule has 0 spiro atoms. The number of hydrogen-bond acceptors (Lipinski definition) is 4. The number of nitrogens with zero attached hydrogens (tertiary/aromatic N) is 4. The van der Waals surface area contributed by atoms with Crippen molar-refractivity contribution in [1.29, 1.82) is 0 Å². The highest BCUT2D eigenvalue weighted by atomic mass is 16.2. The van der Waals surface area contributed by atoms with Gasteiger partial charge in [-0.3, -0.25) is 14.0 Å². The molecule has 2 aromatic heterocycles. The first-order chi connectivity index (χ1) is 8.40. The fourth-order valence-electron chi connectivity index (χ4n) is 1.87. The first-order valence-corrected chi connectivity index (χ1v) is 5.45. The minimum atomic E-state index is -0.475. The van der Waals surface area contributed by atoms with Gasteiger partial charge < -0.3 is 10.3 Å². The van der Waals surface area contributed by atoms with Crippen LogP contribution in [-0.4, -0.2) is 18.9 Å². The molecule has 0 aliphatic rings. The molecule has 0 bridgehead atoms. The number of anilines is 1. The van der Waals surface area contributed by atoms with E-state index in [1.54, 1.807) is 18.8 Å². The summed E-state index contributed by atoms with van der Waals surface area (Å²) in [6.07, 6.45) is 1.33. The summed E-state index contributed by atoms with van der Waals surface area (Å²) in [5, 5.41) is 4.17. The highest BCUT2D eigenvalue weighted by Gasteiger charge is 2.10. The van der Waals surface area contributed by atoms with Crippen LogP contribution in [0.4, 0.5) is 5.69 Å². The molecule has 0 fully saturated rings. The maximum absolute atomic E-state index is 11.9. The zero-order valence-corrected chi connectivity index (χ0v) is 10.5. The SMILES string of the molecule is Cc1cc(Cn2c(=O)c(N)cn(C)c2=O)n(C)n1. The average Bonchev–Trinajstić information content (AvgIpc) is 2.61. The van der Waals surface area contributed by atoms with Crippen molar-refractivity contribution >= 4 is 5.69 Å². The molecule has 18 heavy (non-hydrogen) atoms. The third kappa shape index (κ3) is 1.94. The van der Waals surface area contributed by atoms with Crippen molar-refractivity contribution in [3.63, 3.8) is 0 Å². The molecule has 96 valence electrons. The summed E-state index contributed by atoms with van der Waals surface area (Å²) < 4.78 is 4.04. The lowest BCUT2D eigenvalue weighted by atomic mass is 10.3. The van der Waals surface area contributed by atoms with Gasteiger partial charge in [0.1, 0.15) is 5.69 Å². The largest absolute Gasteiger partial charge is 0.393 e. The Labute approximate surface area is 103 Å². The molecular weight excluding hydrogens is 234 g/mol. The van der Waals surface area contributed by atoms with Crippen LogP contribution in [0.1, 0.15) is 11.4 Å². The second-order valence-corrected chi connectivity index (χ2v) is 4.27. The van der Waals surface area contributed by atoms with Crippen molar-refractivity contribution in [1.82, 2.24) is 18.9 Å². The van der Waals surface area contributed by atoms with E-state index in [9.17, 15) is 9.59 Å². The van der Waals surface area contributed by atoms with Gasteiger partial charge in [-0.2, -0.15) is 5.10 Å². The fourth-order valence-corrected chi connectivity index (χ4v) is 1.87. The lowest BCUT2D eigenvalue weighted by molar-refractivity contribution is 0.601. The molecule has 0 unspecified atom stereocenters. The van der Waals surface area contributed by atoms with E-state index in [4.69, 9.17) is 5.73 Å². The Hall–Kier alpha value is -2.31. The fraction of sp³-hybridized carbons (Fsp3) is 0.364. The monoisotopic (exact) mass is 249 g/mol. The Bertz CT molecular complexity index is 673. The quantitative estimate of drug-likeness (QED) is 0.756. The summed E-state index contributed by atoms with van der Waals surface area (Å²) in [5.41, 5.74) is 6.36. The number of hydrogen-bond donors (Lipinski definition) is 1. The Balaban J connectivity index is 2.57. The maximum Gasteiger partial charge on any atom is 0.331 e. The third-order valence-electron chi connectivity index (χ3n) is 2.78. The normalized spacial score (nSPS) is 10.8. The summed E-state index contributed by atoms with van der Waals surface area (Å²) in [4.78, 5) is 23.8. The number of aryl methyl sites for hydroxylation is 3. The molecule has 0 amide bonds. The van der Waals surface area contributed by atoms with Gasteiger partial charge in [-0.25, -0.2) is 4.79 Å². The lowest BCUT2D eigenvalue weighted by Gasteiger charge is -2.08. The van der Waals surface area contributed by atoms with Gasteiger partial charge in [0, 0.05) is 20.3 Å². The van der Waals surface area contributed by atoms with Gasteiger partial charge in [0.15, 0.2) is 0 Å². The molecule has 2 rings (SSSR count). The minimum Gasteiger partial charge on any atom is -0.393 e. The second kappa shape index (κ2) is 4.17. The number of nitrogens with two attached hydrogens (primary N) is 1. The van der Waals surface area contributed by atoms with Crippen molar-refractivity contribution in [2.75, 3.05) is 5.73 Å². The molecule has 0 saturated heterocycles. The number of nitrogen functional groups attached to an aromatic ring is 1. The molecular formula is C11H15N5O2. The Morgan fingerprint density at radius 2 is 2.00 bits per heavy atom. The smallest absolute Gasteiger partial charge is 0.331 e. The van der Waals surface area contributed by atoms with Crippen molar-refractivity contribution in [2.24, 2.45) is 14.1 Å². The molecule has 0 radical (unpaired) electrons. The van der Waals surface area contributed by atoms with Crippen LogP contribution in [0.15, 0.2) is 21.9 Å². The molecule has 2 N–H and O–H groups in total. The summed E-state index contributed by atoms with van der Waals surface area (Å²) in [7, 11) is 3.33. The summed E-state index contributed by atoms with van der Waals surface area (Å²) in [6, 6.07) is 1.83. The highest BCUT2D eigenvalue weighted by molar-refractivity contribution is 5.31. The topological polar surface area (TPSA) is 87.8 Å². The molecule has 0 aromatic carbocycles. The second-order valence-electron chi connectivity index (χ2n) is 4.27. The van der Waals surface area contributed by atoms with Crippen LogP contribution in [0, 0.1) is 6.92 Å².